The van der Waals surface area contributed by atoms with Crippen LogP contribution in [0.2, 0.25) is 0 Å². The third-order valence-corrected chi connectivity index (χ3v) is 4.37. The Labute approximate surface area is 144 Å². The second-order valence-corrected chi connectivity index (χ2v) is 5.97. The SMILES string of the molecule is CCc1cc2cc(C(=O)c3ccc4c(c3)OCCO4)ccc2[nH]c1=O. The molecule has 0 saturated carbocycles. The van der Waals surface area contributed by atoms with E-state index in [4.69, 9.17) is 9.47 Å². The van der Waals surface area contributed by atoms with Gasteiger partial charge in [0.15, 0.2) is 17.3 Å². The fraction of sp³-hybridized carbons (Fsp3) is 0.200. The molecule has 5 heteroatoms. The number of rotatable bonds is 3. The first kappa shape index (κ1) is 15.4. The van der Waals surface area contributed by atoms with Crippen molar-refractivity contribution in [2.45, 2.75) is 13.3 Å². The summed E-state index contributed by atoms with van der Waals surface area (Å²) < 4.78 is 11.0. The van der Waals surface area contributed by atoms with Gasteiger partial charge in [0.25, 0.3) is 5.56 Å². The van der Waals surface area contributed by atoms with Gasteiger partial charge < -0.3 is 14.5 Å². The third-order valence-electron chi connectivity index (χ3n) is 4.37. The van der Waals surface area contributed by atoms with Crippen LogP contribution in [-0.2, 0) is 6.42 Å². The molecular formula is C20H17NO4. The fourth-order valence-electron chi connectivity index (χ4n) is 3.01. The molecule has 0 spiro atoms. The highest BCUT2D eigenvalue weighted by atomic mass is 16.6. The molecule has 0 saturated heterocycles. The molecular weight excluding hydrogens is 318 g/mol. The molecule has 0 atom stereocenters. The zero-order chi connectivity index (χ0) is 17.4. The molecule has 0 bridgehead atoms. The molecule has 25 heavy (non-hydrogen) atoms. The van der Waals surface area contributed by atoms with E-state index in [1.807, 2.05) is 19.1 Å². The molecule has 5 nitrogen and oxygen atoms in total. The van der Waals surface area contributed by atoms with Gasteiger partial charge in [0.2, 0.25) is 0 Å². The summed E-state index contributed by atoms with van der Waals surface area (Å²) in [4.78, 5) is 27.6. The van der Waals surface area contributed by atoms with E-state index in [2.05, 4.69) is 4.98 Å². The largest absolute Gasteiger partial charge is 0.486 e. The molecule has 1 aliphatic rings. The highest BCUT2D eigenvalue weighted by Crippen LogP contribution is 2.31. The number of hydrogen-bond acceptors (Lipinski definition) is 4. The van der Waals surface area contributed by atoms with Crippen LogP contribution in [0, 0.1) is 0 Å². The van der Waals surface area contributed by atoms with E-state index in [0.717, 1.165) is 10.9 Å². The lowest BCUT2D eigenvalue weighted by Crippen LogP contribution is -2.16. The Bertz CT molecular complexity index is 1040. The number of H-pyrrole nitrogens is 1. The summed E-state index contributed by atoms with van der Waals surface area (Å²) in [5.74, 6) is 1.16. The van der Waals surface area contributed by atoms with Gasteiger partial charge in [0.1, 0.15) is 13.2 Å². The Kier molecular flexibility index (Phi) is 3.76. The number of ether oxygens (including phenoxy) is 2. The van der Waals surface area contributed by atoms with Gasteiger partial charge in [-0.3, -0.25) is 9.59 Å². The van der Waals surface area contributed by atoms with Crippen molar-refractivity contribution in [1.82, 2.24) is 4.98 Å². The number of pyridine rings is 1. The summed E-state index contributed by atoms with van der Waals surface area (Å²) in [7, 11) is 0. The second kappa shape index (κ2) is 6.09. The van der Waals surface area contributed by atoms with Gasteiger partial charge in [-0.25, -0.2) is 0 Å². The maximum atomic E-state index is 12.8. The molecule has 1 aromatic heterocycles. The summed E-state index contributed by atoms with van der Waals surface area (Å²) in [6.45, 7) is 2.93. The van der Waals surface area contributed by atoms with Crippen molar-refractivity contribution in [2.75, 3.05) is 13.2 Å². The lowest BCUT2D eigenvalue weighted by atomic mass is 10.0. The highest BCUT2D eigenvalue weighted by molar-refractivity contribution is 6.10. The zero-order valence-electron chi connectivity index (χ0n) is 13.8. The second-order valence-electron chi connectivity index (χ2n) is 5.97. The van der Waals surface area contributed by atoms with Crippen molar-refractivity contribution in [3.63, 3.8) is 0 Å². The molecule has 0 fully saturated rings. The first-order valence-electron chi connectivity index (χ1n) is 8.26. The molecule has 126 valence electrons. The van der Waals surface area contributed by atoms with Gasteiger partial charge >= 0.3 is 0 Å². The number of hydrogen-bond donors (Lipinski definition) is 1. The average Bonchev–Trinajstić information content (AvgIpc) is 2.66. The van der Waals surface area contributed by atoms with Crippen molar-refractivity contribution in [3.8, 4) is 11.5 Å². The Balaban J connectivity index is 1.74. The normalized spacial score (nSPS) is 13.0. The number of nitrogens with one attached hydrogen (secondary N) is 1. The monoisotopic (exact) mass is 335 g/mol. The minimum atomic E-state index is -0.0943. The summed E-state index contributed by atoms with van der Waals surface area (Å²) >= 11 is 0. The van der Waals surface area contributed by atoms with E-state index >= 15 is 0 Å². The smallest absolute Gasteiger partial charge is 0.251 e. The standard InChI is InChI=1S/C20H17NO4/c1-2-12-9-15-10-13(3-5-16(15)21-20(12)23)19(22)14-4-6-17-18(11-14)25-8-7-24-17/h3-6,9-11H,2,7-8H2,1H3,(H,21,23). The minimum Gasteiger partial charge on any atom is -0.486 e. The summed E-state index contributed by atoms with van der Waals surface area (Å²) in [6.07, 6.45) is 0.644. The highest BCUT2D eigenvalue weighted by Gasteiger charge is 2.16. The third kappa shape index (κ3) is 2.78. The lowest BCUT2D eigenvalue weighted by Gasteiger charge is -2.18. The molecule has 1 aliphatic heterocycles. The number of carbonyl (C=O) groups excluding carboxylic acids is 1. The van der Waals surface area contributed by atoms with Gasteiger partial charge in [-0.1, -0.05) is 6.92 Å². The minimum absolute atomic E-state index is 0.0825. The summed E-state index contributed by atoms with van der Waals surface area (Å²) in [6, 6.07) is 12.4. The van der Waals surface area contributed by atoms with Gasteiger partial charge in [-0.15, -0.1) is 0 Å². The maximum Gasteiger partial charge on any atom is 0.251 e. The molecule has 0 unspecified atom stereocenters. The average molecular weight is 335 g/mol. The topological polar surface area (TPSA) is 68.4 Å². The number of aryl methyl sites for hydroxylation is 1. The fourth-order valence-corrected chi connectivity index (χ4v) is 3.01. The number of ketones is 1. The van der Waals surface area contributed by atoms with E-state index in [1.54, 1.807) is 30.3 Å². The van der Waals surface area contributed by atoms with Crippen LogP contribution >= 0.6 is 0 Å². The van der Waals surface area contributed by atoms with E-state index < -0.39 is 0 Å². The van der Waals surface area contributed by atoms with E-state index in [0.29, 0.717) is 47.8 Å². The van der Waals surface area contributed by atoms with Crippen LogP contribution in [0.1, 0.15) is 28.4 Å². The maximum absolute atomic E-state index is 12.8. The molecule has 2 aromatic carbocycles. The molecule has 1 N–H and O–H groups in total. The molecule has 3 aromatic rings. The Morgan fingerprint density at radius 1 is 1.00 bits per heavy atom. The number of benzene rings is 2. The van der Waals surface area contributed by atoms with Crippen molar-refractivity contribution >= 4 is 16.7 Å². The van der Waals surface area contributed by atoms with Gasteiger partial charge in [0.05, 0.1) is 0 Å². The Morgan fingerprint density at radius 3 is 2.52 bits per heavy atom. The zero-order valence-corrected chi connectivity index (χ0v) is 13.8. The predicted octanol–water partition coefficient (Wildman–Crippen LogP) is 3.09. The Morgan fingerprint density at radius 2 is 1.72 bits per heavy atom. The van der Waals surface area contributed by atoms with Crippen LogP contribution < -0.4 is 15.0 Å². The molecule has 2 heterocycles. The first-order valence-corrected chi connectivity index (χ1v) is 8.26. The number of aromatic amines is 1. The van der Waals surface area contributed by atoms with Gasteiger partial charge in [-0.05, 0) is 54.3 Å². The van der Waals surface area contributed by atoms with Crippen molar-refractivity contribution < 1.29 is 14.3 Å². The molecule has 0 radical (unpaired) electrons. The van der Waals surface area contributed by atoms with E-state index in [-0.39, 0.29) is 11.3 Å². The van der Waals surface area contributed by atoms with Crippen molar-refractivity contribution in [3.05, 3.63) is 69.5 Å². The van der Waals surface area contributed by atoms with Crippen LogP contribution in [-0.4, -0.2) is 24.0 Å². The Hall–Kier alpha value is -3.08. The lowest BCUT2D eigenvalue weighted by molar-refractivity contribution is 0.103. The van der Waals surface area contributed by atoms with Crippen molar-refractivity contribution in [2.24, 2.45) is 0 Å². The quantitative estimate of drug-likeness (QED) is 0.747. The van der Waals surface area contributed by atoms with Crippen LogP contribution in [0.4, 0.5) is 0 Å². The number of carbonyl (C=O) groups is 1. The predicted molar refractivity (Wildman–Crippen MR) is 94.8 cm³/mol. The molecule has 0 amide bonds. The molecule has 0 aliphatic carbocycles. The van der Waals surface area contributed by atoms with Gasteiger partial charge in [0, 0.05) is 22.2 Å². The van der Waals surface area contributed by atoms with Gasteiger partial charge in [-0.2, -0.15) is 0 Å². The number of fused-ring (bicyclic) bond motifs is 2. The van der Waals surface area contributed by atoms with Crippen LogP contribution in [0.15, 0.2) is 47.3 Å². The molecule has 4 rings (SSSR count). The van der Waals surface area contributed by atoms with E-state index in [1.165, 1.54) is 0 Å². The summed E-state index contributed by atoms with van der Waals surface area (Å²) in [5, 5.41) is 0.847. The van der Waals surface area contributed by atoms with Crippen molar-refractivity contribution in [1.29, 1.82) is 0 Å². The first-order chi connectivity index (χ1) is 12.2. The number of aromatic nitrogens is 1. The summed E-state index contributed by atoms with van der Waals surface area (Å²) in [5.41, 5.74) is 2.46. The van der Waals surface area contributed by atoms with Crippen LogP contribution in [0.5, 0.6) is 11.5 Å². The van der Waals surface area contributed by atoms with Crippen LogP contribution in [0.3, 0.4) is 0 Å². The van der Waals surface area contributed by atoms with Crippen LogP contribution in [0.25, 0.3) is 10.9 Å². The van der Waals surface area contributed by atoms with E-state index in [9.17, 15) is 9.59 Å².